The van der Waals surface area contributed by atoms with Gasteiger partial charge in [0, 0.05) is 11.4 Å². The molecule has 0 saturated carbocycles. The van der Waals surface area contributed by atoms with Gasteiger partial charge in [0.25, 0.3) is 0 Å². The minimum absolute atomic E-state index is 0.0306. The number of anilines is 2. The molecule has 2 aromatic carbocycles. The molecule has 2 rings (SSSR count). The highest BCUT2D eigenvalue weighted by atomic mass is 32.2. The average molecular weight is 273 g/mol. The van der Waals surface area contributed by atoms with Crippen molar-refractivity contribution in [3.8, 4) is 6.07 Å². The SMILES string of the molecule is N#Cc1cc(S(=O)(=O)c2ccc(N)cc2)ccc1N. The molecule has 6 heteroatoms. The minimum Gasteiger partial charge on any atom is -0.399 e. The molecule has 0 aliphatic carbocycles. The lowest BCUT2D eigenvalue weighted by molar-refractivity contribution is 0.596. The van der Waals surface area contributed by atoms with Crippen molar-refractivity contribution in [3.63, 3.8) is 0 Å². The summed E-state index contributed by atoms with van der Waals surface area (Å²) in [6.45, 7) is 0. The molecule has 0 spiro atoms. The maximum absolute atomic E-state index is 12.3. The number of hydrogen-bond acceptors (Lipinski definition) is 5. The monoisotopic (exact) mass is 273 g/mol. The Balaban J connectivity index is 2.57. The first kappa shape index (κ1) is 12.9. The first-order valence-corrected chi connectivity index (χ1v) is 6.84. The van der Waals surface area contributed by atoms with Crippen LogP contribution in [-0.4, -0.2) is 8.42 Å². The van der Waals surface area contributed by atoms with Gasteiger partial charge in [-0.2, -0.15) is 5.26 Å². The predicted molar refractivity (Wildman–Crippen MR) is 71.9 cm³/mol. The number of hydrogen-bond donors (Lipinski definition) is 2. The predicted octanol–water partition coefficient (Wildman–Crippen LogP) is 1.56. The number of benzene rings is 2. The van der Waals surface area contributed by atoms with Crippen LogP contribution in [0.25, 0.3) is 0 Å². The largest absolute Gasteiger partial charge is 0.399 e. The molecular formula is C13H11N3O2S. The van der Waals surface area contributed by atoms with Crippen LogP contribution in [0.5, 0.6) is 0 Å². The molecule has 0 fully saturated rings. The summed E-state index contributed by atoms with van der Waals surface area (Å²) >= 11 is 0. The van der Waals surface area contributed by atoms with Gasteiger partial charge in [-0.05, 0) is 42.5 Å². The molecule has 4 N–H and O–H groups in total. The van der Waals surface area contributed by atoms with Gasteiger partial charge in [-0.25, -0.2) is 8.42 Å². The highest BCUT2D eigenvalue weighted by molar-refractivity contribution is 7.91. The van der Waals surface area contributed by atoms with E-state index in [-0.39, 0.29) is 21.0 Å². The molecule has 0 saturated heterocycles. The molecule has 0 heterocycles. The van der Waals surface area contributed by atoms with Gasteiger partial charge in [0.15, 0.2) is 0 Å². The van der Waals surface area contributed by atoms with E-state index in [9.17, 15) is 8.42 Å². The van der Waals surface area contributed by atoms with Crippen LogP contribution in [0, 0.1) is 11.3 Å². The molecule has 0 aromatic heterocycles. The topological polar surface area (TPSA) is 110 Å². The van der Waals surface area contributed by atoms with Crippen LogP contribution in [0.4, 0.5) is 11.4 Å². The molecule has 96 valence electrons. The summed E-state index contributed by atoms with van der Waals surface area (Å²) in [5, 5.41) is 8.87. The third-order valence-electron chi connectivity index (χ3n) is 2.65. The van der Waals surface area contributed by atoms with E-state index in [0.29, 0.717) is 5.69 Å². The van der Waals surface area contributed by atoms with Crippen molar-refractivity contribution in [2.75, 3.05) is 11.5 Å². The summed E-state index contributed by atoms with van der Waals surface area (Å²) in [7, 11) is -3.67. The number of nitrogens with zero attached hydrogens (tertiary/aromatic N) is 1. The van der Waals surface area contributed by atoms with E-state index < -0.39 is 9.84 Å². The summed E-state index contributed by atoms with van der Waals surface area (Å²) in [6, 6.07) is 11.8. The molecule has 19 heavy (non-hydrogen) atoms. The summed E-state index contributed by atoms with van der Waals surface area (Å²) < 4.78 is 24.7. The standard InChI is InChI=1S/C13H11N3O2S/c14-8-9-7-12(5-6-13(9)16)19(17,18)11-3-1-10(15)2-4-11/h1-7H,15-16H2. The zero-order valence-corrected chi connectivity index (χ0v) is 10.7. The van der Waals surface area contributed by atoms with Crippen LogP contribution in [-0.2, 0) is 9.84 Å². The van der Waals surface area contributed by atoms with E-state index in [0.717, 1.165) is 0 Å². The zero-order valence-electron chi connectivity index (χ0n) is 9.87. The number of sulfone groups is 1. The molecule has 0 aliphatic heterocycles. The van der Waals surface area contributed by atoms with Gasteiger partial charge >= 0.3 is 0 Å². The normalized spacial score (nSPS) is 10.9. The van der Waals surface area contributed by atoms with E-state index in [1.807, 2.05) is 6.07 Å². The molecule has 0 aliphatic rings. The third-order valence-corrected chi connectivity index (χ3v) is 4.41. The third kappa shape index (κ3) is 2.37. The number of rotatable bonds is 2. The molecule has 0 bridgehead atoms. The van der Waals surface area contributed by atoms with Gasteiger partial charge in [-0.15, -0.1) is 0 Å². The van der Waals surface area contributed by atoms with Crippen molar-refractivity contribution in [2.24, 2.45) is 0 Å². The van der Waals surface area contributed by atoms with Crippen molar-refractivity contribution >= 4 is 21.2 Å². The van der Waals surface area contributed by atoms with Gasteiger partial charge in [-0.1, -0.05) is 0 Å². The van der Waals surface area contributed by atoms with Gasteiger partial charge < -0.3 is 11.5 Å². The second kappa shape index (κ2) is 4.63. The van der Waals surface area contributed by atoms with Crippen molar-refractivity contribution in [3.05, 3.63) is 48.0 Å². The lowest BCUT2D eigenvalue weighted by Gasteiger charge is -2.06. The van der Waals surface area contributed by atoms with E-state index in [1.54, 1.807) is 0 Å². The maximum atomic E-state index is 12.3. The number of nitrogens with two attached hydrogens (primary N) is 2. The Morgan fingerprint density at radius 3 is 2.11 bits per heavy atom. The Morgan fingerprint density at radius 1 is 0.947 bits per heavy atom. The Morgan fingerprint density at radius 2 is 1.53 bits per heavy atom. The maximum Gasteiger partial charge on any atom is 0.206 e. The lowest BCUT2D eigenvalue weighted by atomic mass is 10.2. The molecule has 5 nitrogen and oxygen atoms in total. The van der Waals surface area contributed by atoms with E-state index >= 15 is 0 Å². The van der Waals surface area contributed by atoms with Crippen molar-refractivity contribution in [1.82, 2.24) is 0 Å². The van der Waals surface area contributed by atoms with E-state index in [2.05, 4.69) is 0 Å². The van der Waals surface area contributed by atoms with Crippen LogP contribution in [0.2, 0.25) is 0 Å². The summed E-state index contributed by atoms with van der Waals surface area (Å²) in [5.41, 5.74) is 12.0. The Hall–Kier alpha value is -2.52. The van der Waals surface area contributed by atoms with Gasteiger partial charge in [0.2, 0.25) is 9.84 Å². The molecule has 2 aromatic rings. The first-order chi connectivity index (χ1) is 8.95. The van der Waals surface area contributed by atoms with Crippen molar-refractivity contribution in [1.29, 1.82) is 5.26 Å². The number of nitrogen functional groups attached to an aromatic ring is 2. The highest BCUT2D eigenvalue weighted by Gasteiger charge is 2.18. The zero-order chi connectivity index (χ0) is 14.0. The fourth-order valence-electron chi connectivity index (χ4n) is 1.58. The average Bonchev–Trinajstić information content (AvgIpc) is 2.39. The van der Waals surface area contributed by atoms with Crippen LogP contribution >= 0.6 is 0 Å². The Labute approximate surface area is 111 Å². The van der Waals surface area contributed by atoms with Gasteiger partial charge in [-0.3, -0.25) is 0 Å². The second-order valence-electron chi connectivity index (χ2n) is 3.93. The summed E-state index contributed by atoms with van der Waals surface area (Å²) in [5.74, 6) is 0. The van der Waals surface area contributed by atoms with Crippen LogP contribution in [0.1, 0.15) is 5.56 Å². The molecule has 0 atom stereocenters. The Kier molecular flexibility index (Phi) is 3.15. The quantitative estimate of drug-likeness (QED) is 0.807. The van der Waals surface area contributed by atoms with Crippen LogP contribution < -0.4 is 11.5 Å². The van der Waals surface area contributed by atoms with Crippen LogP contribution in [0.15, 0.2) is 52.3 Å². The molecule has 0 amide bonds. The summed E-state index contributed by atoms with van der Waals surface area (Å²) in [6.07, 6.45) is 0. The summed E-state index contributed by atoms with van der Waals surface area (Å²) in [4.78, 5) is 0.151. The van der Waals surface area contributed by atoms with Crippen molar-refractivity contribution < 1.29 is 8.42 Å². The minimum atomic E-state index is -3.67. The smallest absolute Gasteiger partial charge is 0.206 e. The molecule has 0 unspecified atom stereocenters. The fourth-order valence-corrected chi connectivity index (χ4v) is 2.87. The Bertz CT molecular complexity index is 759. The van der Waals surface area contributed by atoms with Gasteiger partial charge in [0.05, 0.1) is 15.4 Å². The lowest BCUT2D eigenvalue weighted by Crippen LogP contribution is -2.03. The first-order valence-electron chi connectivity index (χ1n) is 5.35. The number of nitriles is 1. The highest BCUT2D eigenvalue weighted by Crippen LogP contribution is 2.24. The van der Waals surface area contributed by atoms with E-state index in [1.165, 1.54) is 42.5 Å². The second-order valence-corrected chi connectivity index (χ2v) is 5.88. The van der Waals surface area contributed by atoms with E-state index in [4.69, 9.17) is 16.7 Å². The molecule has 0 radical (unpaired) electrons. The fraction of sp³-hybridized carbons (Fsp3) is 0. The van der Waals surface area contributed by atoms with Gasteiger partial charge in [0.1, 0.15) is 6.07 Å². The van der Waals surface area contributed by atoms with Crippen molar-refractivity contribution in [2.45, 2.75) is 9.79 Å². The molecular weight excluding hydrogens is 262 g/mol. The van der Waals surface area contributed by atoms with Crippen LogP contribution in [0.3, 0.4) is 0 Å².